The van der Waals surface area contributed by atoms with Crippen LogP contribution in [0.1, 0.15) is 10.4 Å². The van der Waals surface area contributed by atoms with Crippen LogP contribution in [-0.2, 0) is 19.1 Å². The van der Waals surface area contributed by atoms with Crippen LogP contribution in [0.2, 0.25) is 5.02 Å². The van der Waals surface area contributed by atoms with Gasteiger partial charge in [0.2, 0.25) is 0 Å². The Labute approximate surface area is 126 Å². The first-order valence-electron chi connectivity index (χ1n) is 5.87. The Morgan fingerprint density at radius 2 is 1.67 bits per heavy atom. The van der Waals surface area contributed by atoms with Gasteiger partial charge in [0.05, 0.1) is 24.9 Å². The van der Waals surface area contributed by atoms with E-state index in [1.165, 1.54) is 32.4 Å². The summed E-state index contributed by atoms with van der Waals surface area (Å²) >= 11 is 5.85. The van der Waals surface area contributed by atoms with Crippen molar-refractivity contribution in [3.63, 3.8) is 0 Å². The lowest BCUT2D eigenvalue weighted by Crippen LogP contribution is -2.40. The van der Waals surface area contributed by atoms with Crippen LogP contribution in [0.15, 0.2) is 18.2 Å². The van der Waals surface area contributed by atoms with Crippen molar-refractivity contribution in [2.45, 2.75) is 0 Å². The Morgan fingerprint density at radius 3 is 2.10 bits per heavy atom. The summed E-state index contributed by atoms with van der Waals surface area (Å²) in [6, 6.07) is 4.27. The molecule has 21 heavy (non-hydrogen) atoms. The summed E-state index contributed by atoms with van der Waals surface area (Å²) in [5.41, 5.74) is 6.08. The van der Waals surface area contributed by atoms with Crippen LogP contribution >= 0.6 is 11.6 Å². The highest BCUT2D eigenvalue weighted by atomic mass is 35.5. The van der Waals surface area contributed by atoms with Gasteiger partial charge < -0.3 is 20.1 Å². The largest absolute Gasteiger partial charge is 0.468 e. The molecule has 0 spiro atoms. The Hall–Kier alpha value is -2.28. The van der Waals surface area contributed by atoms with Crippen molar-refractivity contribution in [3.05, 3.63) is 28.8 Å². The van der Waals surface area contributed by atoms with E-state index in [2.05, 4.69) is 9.47 Å². The van der Waals surface area contributed by atoms with Crippen LogP contribution in [0.3, 0.4) is 0 Å². The van der Waals surface area contributed by atoms with Gasteiger partial charge in [-0.25, -0.2) is 0 Å². The smallest absolute Gasteiger partial charge is 0.325 e. The number of methoxy groups -OCH3 is 2. The van der Waals surface area contributed by atoms with E-state index >= 15 is 0 Å². The van der Waals surface area contributed by atoms with Gasteiger partial charge in [-0.2, -0.15) is 0 Å². The minimum Gasteiger partial charge on any atom is -0.468 e. The van der Waals surface area contributed by atoms with Gasteiger partial charge in [-0.1, -0.05) is 11.6 Å². The molecule has 0 aliphatic rings. The Kier molecular flexibility index (Phi) is 5.98. The molecule has 7 nitrogen and oxygen atoms in total. The fourth-order valence-electron chi connectivity index (χ4n) is 1.48. The highest BCUT2D eigenvalue weighted by Crippen LogP contribution is 2.20. The summed E-state index contributed by atoms with van der Waals surface area (Å²) in [5, 5.41) is 0.205. The standard InChI is InChI=1S/C13H15ClN2O5/c1-20-11(17)6-16(7-12(18)21-2)13(19)8-3-4-10(15)9(14)5-8/h3-5H,6-7,15H2,1-2H3. The van der Waals surface area contributed by atoms with Crippen molar-refractivity contribution < 1.29 is 23.9 Å². The first-order valence-corrected chi connectivity index (χ1v) is 6.24. The number of rotatable bonds is 5. The van der Waals surface area contributed by atoms with Crippen molar-refractivity contribution in [1.82, 2.24) is 4.90 Å². The second kappa shape index (κ2) is 7.49. The van der Waals surface area contributed by atoms with Crippen molar-refractivity contribution in [3.8, 4) is 0 Å². The number of anilines is 1. The van der Waals surface area contributed by atoms with Gasteiger partial charge in [-0.15, -0.1) is 0 Å². The van der Waals surface area contributed by atoms with E-state index in [1.807, 2.05) is 0 Å². The molecule has 1 rings (SSSR count). The third kappa shape index (κ3) is 4.64. The number of nitrogens with two attached hydrogens (primary N) is 1. The zero-order chi connectivity index (χ0) is 16.0. The SMILES string of the molecule is COC(=O)CN(CC(=O)OC)C(=O)c1ccc(N)c(Cl)c1. The maximum absolute atomic E-state index is 12.3. The highest BCUT2D eigenvalue weighted by Gasteiger charge is 2.22. The predicted octanol–water partition coefficient (Wildman–Crippen LogP) is 0.710. The first-order chi connectivity index (χ1) is 9.88. The summed E-state index contributed by atoms with van der Waals surface area (Å²) in [6.07, 6.45) is 0. The third-order valence-corrected chi connectivity index (χ3v) is 2.96. The molecule has 0 atom stereocenters. The Balaban J connectivity index is 2.99. The molecular formula is C13H15ClN2O5. The van der Waals surface area contributed by atoms with E-state index in [1.54, 1.807) is 0 Å². The number of carbonyl (C=O) groups excluding carboxylic acids is 3. The molecule has 8 heteroatoms. The quantitative estimate of drug-likeness (QED) is 0.635. The summed E-state index contributed by atoms with van der Waals surface area (Å²) in [5.74, 6) is -1.88. The molecule has 114 valence electrons. The molecule has 0 saturated heterocycles. The van der Waals surface area contributed by atoms with Gasteiger partial charge in [0.15, 0.2) is 0 Å². The van der Waals surface area contributed by atoms with Crippen LogP contribution in [0.5, 0.6) is 0 Å². The molecular weight excluding hydrogens is 300 g/mol. The average Bonchev–Trinajstić information content (AvgIpc) is 2.48. The van der Waals surface area contributed by atoms with Crippen LogP contribution in [0.4, 0.5) is 5.69 Å². The molecule has 0 unspecified atom stereocenters. The zero-order valence-electron chi connectivity index (χ0n) is 11.6. The molecule has 0 saturated carbocycles. The second-order valence-electron chi connectivity index (χ2n) is 4.05. The number of hydrogen-bond acceptors (Lipinski definition) is 6. The van der Waals surface area contributed by atoms with E-state index in [4.69, 9.17) is 17.3 Å². The van der Waals surface area contributed by atoms with Gasteiger partial charge in [-0.3, -0.25) is 14.4 Å². The molecule has 1 amide bonds. The Morgan fingerprint density at radius 1 is 1.14 bits per heavy atom. The van der Waals surface area contributed by atoms with Gasteiger partial charge in [0.25, 0.3) is 5.91 Å². The number of nitrogens with zero attached hydrogens (tertiary/aromatic N) is 1. The minimum atomic E-state index is -0.659. The second-order valence-corrected chi connectivity index (χ2v) is 4.46. The number of nitrogen functional groups attached to an aromatic ring is 1. The fourth-order valence-corrected chi connectivity index (χ4v) is 1.66. The predicted molar refractivity (Wildman–Crippen MR) is 75.8 cm³/mol. The van der Waals surface area contributed by atoms with Gasteiger partial charge in [-0.05, 0) is 18.2 Å². The minimum absolute atomic E-state index is 0.196. The summed E-state index contributed by atoms with van der Waals surface area (Å²) in [6.45, 7) is -0.765. The number of hydrogen-bond donors (Lipinski definition) is 1. The van der Waals surface area contributed by atoms with Crippen LogP contribution in [0.25, 0.3) is 0 Å². The topological polar surface area (TPSA) is 98.9 Å². The monoisotopic (exact) mass is 314 g/mol. The summed E-state index contributed by atoms with van der Waals surface area (Å²) in [7, 11) is 2.37. The fraction of sp³-hybridized carbons (Fsp3) is 0.308. The Bertz CT molecular complexity index is 543. The van der Waals surface area contributed by atoms with Gasteiger partial charge in [0.1, 0.15) is 13.1 Å². The van der Waals surface area contributed by atoms with Gasteiger partial charge in [0, 0.05) is 5.56 Å². The molecule has 1 aromatic rings. The van der Waals surface area contributed by atoms with Crippen LogP contribution < -0.4 is 5.73 Å². The van der Waals surface area contributed by atoms with Crippen LogP contribution in [-0.4, -0.2) is 50.1 Å². The molecule has 0 radical (unpaired) electrons. The van der Waals surface area contributed by atoms with E-state index < -0.39 is 17.8 Å². The number of carbonyl (C=O) groups is 3. The van der Waals surface area contributed by atoms with E-state index in [0.29, 0.717) is 5.69 Å². The first kappa shape index (κ1) is 16.8. The highest BCUT2D eigenvalue weighted by molar-refractivity contribution is 6.33. The van der Waals surface area contributed by atoms with Crippen LogP contribution in [0, 0.1) is 0 Å². The lowest BCUT2D eigenvalue weighted by atomic mass is 10.2. The number of amides is 1. The molecule has 0 bridgehead atoms. The van der Waals surface area contributed by atoms with Crippen molar-refractivity contribution in [2.24, 2.45) is 0 Å². The van der Waals surface area contributed by atoms with Crippen molar-refractivity contribution in [2.75, 3.05) is 33.0 Å². The lowest BCUT2D eigenvalue weighted by molar-refractivity contribution is -0.144. The molecule has 0 fully saturated rings. The molecule has 0 heterocycles. The molecule has 0 aliphatic heterocycles. The van der Waals surface area contributed by atoms with E-state index in [0.717, 1.165) is 4.90 Å². The molecule has 0 aromatic heterocycles. The maximum atomic E-state index is 12.3. The number of halogens is 1. The summed E-state index contributed by atoms with van der Waals surface area (Å²) in [4.78, 5) is 36.0. The maximum Gasteiger partial charge on any atom is 0.325 e. The van der Waals surface area contributed by atoms with E-state index in [-0.39, 0.29) is 23.7 Å². The van der Waals surface area contributed by atoms with Gasteiger partial charge >= 0.3 is 11.9 Å². The third-order valence-electron chi connectivity index (χ3n) is 2.63. The van der Waals surface area contributed by atoms with E-state index in [9.17, 15) is 14.4 Å². The van der Waals surface area contributed by atoms with Crippen molar-refractivity contribution >= 4 is 35.1 Å². The molecule has 2 N–H and O–H groups in total. The number of esters is 2. The molecule has 0 aliphatic carbocycles. The normalized spacial score (nSPS) is 9.86. The average molecular weight is 315 g/mol. The lowest BCUT2D eigenvalue weighted by Gasteiger charge is -2.20. The van der Waals surface area contributed by atoms with Crippen molar-refractivity contribution in [1.29, 1.82) is 0 Å². The number of ether oxygens (including phenoxy) is 2. The zero-order valence-corrected chi connectivity index (χ0v) is 12.3. The molecule has 1 aromatic carbocycles. The summed E-state index contributed by atoms with van der Waals surface area (Å²) < 4.78 is 8.99. The number of benzene rings is 1.